The first-order valence-electron chi connectivity index (χ1n) is 11.3. The number of anilines is 2. The van der Waals surface area contributed by atoms with E-state index in [0.29, 0.717) is 24.4 Å². The van der Waals surface area contributed by atoms with Gasteiger partial charge in [0.2, 0.25) is 0 Å². The number of nitrogens with one attached hydrogen (secondary N) is 4. The zero-order chi connectivity index (χ0) is 26.2. The van der Waals surface area contributed by atoms with Gasteiger partial charge in [-0.1, -0.05) is 22.0 Å². The van der Waals surface area contributed by atoms with Gasteiger partial charge < -0.3 is 10.6 Å². The number of carbonyl (C=O) groups is 2. The highest BCUT2D eigenvalue weighted by Gasteiger charge is 2.09. The topological polar surface area (TPSA) is 156 Å². The molecule has 190 valence electrons. The van der Waals surface area contributed by atoms with Crippen LogP contribution in [0.3, 0.4) is 0 Å². The minimum Gasteiger partial charge on any atom is -0.338 e. The summed E-state index contributed by atoms with van der Waals surface area (Å²) >= 11 is 3.34. The summed E-state index contributed by atoms with van der Waals surface area (Å²) in [5.74, 6) is 0.549. The number of hydrogen-bond donors (Lipinski definition) is 4. The Balaban J connectivity index is 0.000000180. The molecule has 4 N–H and O–H groups in total. The fourth-order valence-electron chi connectivity index (χ4n) is 3.17. The largest absolute Gasteiger partial charge is 0.338 e. The molecule has 0 aliphatic heterocycles. The number of pyridine rings is 3. The summed E-state index contributed by atoms with van der Waals surface area (Å²) in [6.45, 7) is 4.79. The lowest BCUT2D eigenvalue weighted by Gasteiger charge is -2.00. The SMILES string of the molecule is CCNC(=O)Nc1nc2cc(-c3cccnc3)ccn2n1.CCNC(=O)Nc1nc2cc(Br)ccn2n1. The van der Waals surface area contributed by atoms with Crippen LogP contribution in [0.5, 0.6) is 0 Å². The Bertz CT molecular complexity index is 1520. The van der Waals surface area contributed by atoms with Crippen LogP contribution in [0.15, 0.2) is 65.7 Å². The van der Waals surface area contributed by atoms with Crippen LogP contribution in [-0.2, 0) is 0 Å². The molecule has 14 heteroatoms. The van der Waals surface area contributed by atoms with Crippen LogP contribution in [-0.4, -0.2) is 59.3 Å². The van der Waals surface area contributed by atoms with Crippen LogP contribution in [0.25, 0.3) is 22.4 Å². The van der Waals surface area contributed by atoms with Crippen LogP contribution in [0.2, 0.25) is 0 Å². The third-order valence-electron chi connectivity index (χ3n) is 4.76. The minimum absolute atomic E-state index is 0.268. The fourth-order valence-corrected chi connectivity index (χ4v) is 3.49. The molecule has 5 aromatic rings. The Labute approximate surface area is 219 Å². The van der Waals surface area contributed by atoms with Gasteiger partial charge in [-0.15, -0.1) is 10.2 Å². The second kappa shape index (κ2) is 11.9. The van der Waals surface area contributed by atoms with E-state index in [0.717, 1.165) is 15.6 Å². The highest BCUT2D eigenvalue weighted by molar-refractivity contribution is 9.10. The van der Waals surface area contributed by atoms with Gasteiger partial charge in [0.1, 0.15) is 0 Å². The molecule has 0 spiro atoms. The molecule has 0 saturated carbocycles. The maximum atomic E-state index is 11.5. The van der Waals surface area contributed by atoms with Crippen molar-refractivity contribution in [1.82, 2.24) is 44.8 Å². The van der Waals surface area contributed by atoms with Crippen molar-refractivity contribution in [3.8, 4) is 11.1 Å². The van der Waals surface area contributed by atoms with Crippen molar-refractivity contribution < 1.29 is 9.59 Å². The molecule has 5 rings (SSSR count). The smallest absolute Gasteiger partial charge is 0.321 e. The lowest BCUT2D eigenvalue weighted by atomic mass is 10.1. The van der Waals surface area contributed by atoms with E-state index in [1.165, 1.54) is 0 Å². The number of halogens is 1. The van der Waals surface area contributed by atoms with Gasteiger partial charge in [0.05, 0.1) is 0 Å². The average Bonchev–Trinajstić information content (AvgIpc) is 3.47. The first-order valence-corrected chi connectivity index (χ1v) is 12.1. The molecule has 0 unspecified atom stereocenters. The van der Waals surface area contributed by atoms with E-state index in [9.17, 15) is 9.59 Å². The van der Waals surface area contributed by atoms with Crippen molar-refractivity contribution in [3.63, 3.8) is 0 Å². The van der Waals surface area contributed by atoms with Gasteiger partial charge in [-0.2, -0.15) is 9.97 Å². The summed E-state index contributed by atoms with van der Waals surface area (Å²) in [4.78, 5) is 35.2. The Kier molecular flexibility index (Phi) is 8.20. The number of aromatic nitrogens is 7. The summed E-state index contributed by atoms with van der Waals surface area (Å²) in [5.41, 5.74) is 3.32. The summed E-state index contributed by atoms with van der Waals surface area (Å²) < 4.78 is 4.12. The van der Waals surface area contributed by atoms with E-state index >= 15 is 0 Å². The number of fused-ring (bicyclic) bond motifs is 2. The Morgan fingerprint density at radius 2 is 1.43 bits per heavy atom. The van der Waals surface area contributed by atoms with Crippen LogP contribution in [0, 0.1) is 0 Å². The van der Waals surface area contributed by atoms with Gasteiger partial charge in [-0.25, -0.2) is 18.6 Å². The summed E-state index contributed by atoms with van der Waals surface area (Å²) in [7, 11) is 0. The van der Waals surface area contributed by atoms with Gasteiger partial charge in [-0.05, 0) is 49.7 Å². The predicted octanol–water partition coefficient (Wildman–Crippen LogP) is 3.57. The van der Waals surface area contributed by atoms with E-state index < -0.39 is 0 Å². The molecule has 0 bridgehead atoms. The number of urea groups is 2. The van der Waals surface area contributed by atoms with Crippen molar-refractivity contribution in [2.45, 2.75) is 13.8 Å². The Morgan fingerprint density at radius 1 is 0.838 bits per heavy atom. The highest BCUT2D eigenvalue weighted by Crippen LogP contribution is 2.19. The van der Waals surface area contributed by atoms with Crippen molar-refractivity contribution in [2.24, 2.45) is 0 Å². The number of amides is 4. The molecule has 5 heterocycles. The molecule has 0 aromatic carbocycles. The first kappa shape index (κ1) is 25.5. The van der Waals surface area contributed by atoms with Crippen LogP contribution < -0.4 is 21.3 Å². The Hall–Kier alpha value is -4.59. The molecule has 0 atom stereocenters. The van der Waals surface area contributed by atoms with E-state index in [-0.39, 0.29) is 24.0 Å². The lowest BCUT2D eigenvalue weighted by Crippen LogP contribution is -2.28. The maximum absolute atomic E-state index is 11.5. The zero-order valence-corrected chi connectivity index (χ0v) is 21.6. The Morgan fingerprint density at radius 3 is 2.00 bits per heavy atom. The van der Waals surface area contributed by atoms with Crippen molar-refractivity contribution in [1.29, 1.82) is 0 Å². The number of nitrogens with zero attached hydrogens (tertiary/aromatic N) is 7. The second-order valence-electron chi connectivity index (χ2n) is 7.45. The standard InChI is InChI=1S/C14H14N6O.C9H10BrN5O/c1-2-16-14(21)18-13-17-12-8-10(5-7-20(12)19-13)11-4-3-6-15-9-11;1-2-11-9(16)13-8-12-7-5-6(10)3-4-15(7)14-8/h3-9H,2H2,1H3,(H2,16,18,19,21);3-5H,2H2,1H3,(H2,11,13,14,16). The van der Waals surface area contributed by atoms with E-state index in [1.807, 2.05) is 50.2 Å². The second-order valence-corrected chi connectivity index (χ2v) is 8.36. The molecular formula is C23H24BrN11O2. The molecule has 0 aliphatic rings. The molecule has 0 saturated heterocycles. The van der Waals surface area contributed by atoms with Gasteiger partial charge in [0.25, 0.3) is 11.9 Å². The lowest BCUT2D eigenvalue weighted by molar-refractivity contribution is 0.251. The van der Waals surface area contributed by atoms with E-state index in [4.69, 9.17) is 0 Å². The number of hydrogen-bond acceptors (Lipinski definition) is 7. The monoisotopic (exact) mass is 565 g/mol. The molecule has 0 aliphatic carbocycles. The molecule has 0 fully saturated rings. The van der Waals surface area contributed by atoms with Gasteiger partial charge in [0, 0.05) is 47.9 Å². The normalized spacial score (nSPS) is 10.5. The van der Waals surface area contributed by atoms with Crippen LogP contribution in [0.1, 0.15) is 13.8 Å². The predicted molar refractivity (Wildman–Crippen MR) is 142 cm³/mol. The molecule has 37 heavy (non-hydrogen) atoms. The van der Waals surface area contributed by atoms with E-state index in [2.05, 4.69) is 62.3 Å². The van der Waals surface area contributed by atoms with Gasteiger partial charge >= 0.3 is 12.1 Å². The maximum Gasteiger partial charge on any atom is 0.321 e. The van der Waals surface area contributed by atoms with Gasteiger partial charge in [-0.3, -0.25) is 15.6 Å². The summed E-state index contributed by atoms with van der Waals surface area (Å²) in [6.07, 6.45) is 7.08. The average molecular weight is 566 g/mol. The minimum atomic E-state index is -0.319. The molecule has 0 radical (unpaired) electrons. The van der Waals surface area contributed by atoms with Crippen LogP contribution in [0.4, 0.5) is 21.5 Å². The zero-order valence-electron chi connectivity index (χ0n) is 20.0. The molecule has 4 amide bonds. The van der Waals surface area contributed by atoms with Crippen molar-refractivity contribution in [2.75, 3.05) is 23.7 Å². The summed E-state index contributed by atoms with van der Waals surface area (Å²) in [6, 6.07) is 10.7. The number of rotatable bonds is 5. The molecular weight excluding hydrogens is 542 g/mol. The molecule has 5 aromatic heterocycles. The molecule has 13 nitrogen and oxygen atoms in total. The van der Waals surface area contributed by atoms with Gasteiger partial charge in [0.15, 0.2) is 11.3 Å². The van der Waals surface area contributed by atoms with Crippen molar-refractivity contribution in [3.05, 3.63) is 65.7 Å². The third-order valence-corrected chi connectivity index (χ3v) is 5.25. The quantitative estimate of drug-likeness (QED) is 0.254. The third kappa shape index (κ3) is 6.76. The highest BCUT2D eigenvalue weighted by atomic mass is 79.9. The van der Waals surface area contributed by atoms with Crippen molar-refractivity contribution >= 4 is 51.2 Å². The summed E-state index contributed by atoms with van der Waals surface area (Å²) in [5, 5.41) is 18.6. The van der Waals surface area contributed by atoms with Crippen LogP contribution >= 0.6 is 15.9 Å². The fraction of sp³-hybridized carbons (Fsp3) is 0.174. The van der Waals surface area contributed by atoms with E-state index in [1.54, 1.807) is 33.8 Å². The number of carbonyl (C=O) groups excluding carboxylic acids is 2. The first-order chi connectivity index (χ1) is 17.9.